The van der Waals surface area contributed by atoms with Crippen molar-refractivity contribution in [3.05, 3.63) is 34.9 Å². The van der Waals surface area contributed by atoms with Crippen molar-refractivity contribution in [2.45, 2.75) is 13.3 Å². The van der Waals surface area contributed by atoms with Crippen molar-refractivity contribution in [3.63, 3.8) is 0 Å². The molecule has 0 radical (unpaired) electrons. The molecule has 0 aliphatic carbocycles. The van der Waals surface area contributed by atoms with Crippen LogP contribution in [0.4, 0.5) is 0 Å². The highest BCUT2D eigenvalue weighted by Gasteiger charge is 2.22. The van der Waals surface area contributed by atoms with Crippen molar-refractivity contribution < 1.29 is 9.59 Å². The summed E-state index contributed by atoms with van der Waals surface area (Å²) < 4.78 is 0. The molecule has 1 aromatic rings. The van der Waals surface area contributed by atoms with E-state index in [-0.39, 0.29) is 35.8 Å². The Labute approximate surface area is 182 Å². The van der Waals surface area contributed by atoms with Crippen LogP contribution in [-0.2, 0) is 16.0 Å². The number of carbonyl (C=O) groups is 2. The van der Waals surface area contributed by atoms with Crippen molar-refractivity contribution in [2.75, 3.05) is 46.3 Å². The van der Waals surface area contributed by atoms with Crippen LogP contribution >= 0.6 is 35.6 Å². The second kappa shape index (κ2) is 12.0. The molecular weight excluding hydrogens is 481 g/mol. The predicted molar refractivity (Wildman–Crippen MR) is 119 cm³/mol. The molecule has 1 fully saturated rings. The van der Waals surface area contributed by atoms with Gasteiger partial charge < -0.3 is 20.4 Å². The predicted octanol–water partition coefficient (Wildman–Crippen LogP) is 1.36. The number of aliphatic imine (C=N–C) groups is 1. The van der Waals surface area contributed by atoms with Gasteiger partial charge in [0, 0.05) is 58.3 Å². The van der Waals surface area contributed by atoms with Crippen molar-refractivity contribution in [3.8, 4) is 0 Å². The first-order chi connectivity index (χ1) is 12.5. The molecule has 0 aromatic heterocycles. The van der Waals surface area contributed by atoms with Gasteiger partial charge in [-0.3, -0.25) is 14.6 Å². The fourth-order valence-corrected chi connectivity index (χ4v) is 3.06. The zero-order chi connectivity index (χ0) is 18.9. The number of hydrogen-bond donors (Lipinski definition) is 2. The first-order valence-corrected chi connectivity index (χ1v) is 9.09. The number of carbonyl (C=O) groups excluding carboxylic acids is 2. The van der Waals surface area contributed by atoms with Gasteiger partial charge in [-0.25, -0.2) is 0 Å². The highest BCUT2D eigenvalue weighted by molar-refractivity contribution is 14.0. The zero-order valence-electron chi connectivity index (χ0n) is 15.7. The topological polar surface area (TPSA) is 77.0 Å². The van der Waals surface area contributed by atoms with Crippen LogP contribution in [-0.4, -0.2) is 73.9 Å². The molecule has 1 aliphatic heterocycles. The van der Waals surface area contributed by atoms with Gasteiger partial charge in [-0.1, -0.05) is 23.7 Å². The molecule has 9 heteroatoms. The van der Waals surface area contributed by atoms with Crippen LogP contribution in [0.25, 0.3) is 0 Å². The van der Waals surface area contributed by atoms with E-state index in [2.05, 4.69) is 20.5 Å². The molecule has 1 aliphatic rings. The van der Waals surface area contributed by atoms with Gasteiger partial charge in [0.25, 0.3) is 0 Å². The molecule has 27 heavy (non-hydrogen) atoms. The Bertz CT molecular complexity index is 663. The van der Waals surface area contributed by atoms with Crippen molar-refractivity contribution in [1.82, 2.24) is 20.4 Å². The van der Waals surface area contributed by atoms with E-state index in [1.54, 1.807) is 13.1 Å². The largest absolute Gasteiger partial charge is 0.355 e. The lowest BCUT2D eigenvalue weighted by atomic mass is 10.1. The van der Waals surface area contributed by atoms with E-state index >= 15 is 0 Å². The van der Waals surface area contributed by atoms with Crippen LogP contribution in [0.3, 0.4) is 0 Å². The summed E-state index contributed by atoms with van der Waals surface area (Å²) in [4.78, 5) is 31.6. The van der Waals surface area contributed by atoms with E-state index in [0.29, 0.717) is 37.6 Å². The van der Waals surface area contributed by atoms with Gasteiger partial charge in [-0.15, -0.1) is 24.0 Å². The van der Waals surface area contributed by atoms with Crippen LogP contribution in [0, 0.1) is 0 Å². The highest BCUT2D eigenvalue weighted by atomic mass is 127. The molecule has 7 nitrogen and oxygen atoms in total. The van der Waals surface area contributed by atoms with Crippen molar-refractivity contribution in [1.29, 1.82) is 0 Å². The highest BCUT2D eigenvalue weighted by Crippen LogP contribution is 2.13. The van der Waals surface area contributed by atoms with Gasteiger partial charge in [0.1, 0.15) is 0 Å². The second-order valence-corrected chi connectivity index (χ2v) is 6.57. The lowest BCUT2D eigenvalue weighted by molar-refractivity contribution is -0.131. The van der Waals surface area contributed by atoms with Gasteiger partial charge in [0.05, 0.1) is 6.42 Å². The Morgan fingerprint density at radius 2 is 1.74 bits per heavy atom. The Morgan fingerprint density at radius 3 is 2.33 bits per heavy atom. The third kappa shape index (κ3) is 7.92. The maximum Gasteiger partial charge on any atom is 0.227 e. The van der Waals surface area contributed by atoms with Gasteiger partial charge in [0.2, 0.25) is 11.8 Å². The van der Waals surface area contributed by atoms with E-state index in [0.717, 1.165) is 24.6 Å². The van der Waals surface area contributed by atoms with E-state index in [4.69, 9.17) is 11.6 Å². The first kappa shape index (κ1) is 23.5. The molecule has 1 saturated heterocycles. The third-order valence-corrected chi connectivity index (χ3v) is 4.41. The zero-order valence-corrected chi connectivity index (χ0v) is 18.8. The summed E-state index contributed by atoms with van der Waals surface area (Å²) in [6, 6.07) is 7.41. The average Bonchev–Trinajstić information content (AvgIpc) is 2.62. The molecule has 0 unspecified atom stereocenters. The summed E-state index contributed by atoms with van der Waals surface area (Å²) in [6.45, 7) is 5.42. The molecule has 150 valence electrons. The van der Waals surface area contributed by atoms with Gasteiger partial charge in [-0.2, -0.15) is 0 Å². The Balaban J connectivity index is 0.00000364. The number of halogens is 2. The molecule has 1 aromatic carbocycles. The maximum atomic E-state index is 12.5. The lowest BCUT2D eigenvalue weighted by Gasteiger charge is -2.36. The van der Waals surface area contributed by atoms with Gasteiger partial charge >= 0.3 is 0 Å². The molecule has 1 heterocycles. The molecule has 2 N–H and O–H groups in total. The van der Waals surface area contributed by atoms with Gasteiger partial charge in [-0.05, 0) is 17.7 Å². The molecule has 0 saturated carbocycles. The minimum Gasteiger partial charge on any atom is -0.355 e. The van der Waals surface area contributed by atoms with Crippen LogP contribution in [0.2, 0.25) is 5.02 Å². The minimum atomic E-state index is -0.0476. The fourth-order valence-electron chi connectivity index (χ4n) is 2.85. The van der Waals surface area contributed by atoms with E-state index in [9.17, 15) is 9.59 Å². The summed E-state index contributed by atoms with van der Waals surface area (Å²) in [5.74, 6) is 0.853. The average molecular weight is 508 g/mol. The third-order valence-electron chi connectivity index (χ3n) is 4.17. The van der Waals surface area contributed by atoms with Crippen LogP contribution < -0.4 is 10.6 Å². The number of piperazine rings is 1. The molecule has 0 atom stereocenters. The smallest absolute Gasteiger partial charge is 0.227 e. The van der Waals surface area contributed by atoms with E-state index in [1.165, 1.54) is 6.92 Å². The maximum absolute atomic E-state index is 12.5. The monoisotopic (exact) mass is 507 g/mol. The second-order valence-electron chi connectivity index (χ2n) is 6.13. The number of guanidine groups is 1. The minimum absolute atomic E-state index is 0. The number of nitrogens with zero attached hydrogens (tertiary/aromatic N) is 3. The first-order valence-electron chi connectivity index (χ1n) is 8.72. The lowest BCUT2D eigenvalue weighted by Crippen LogP contribution is -2.54. The van der Waals surface area contributed by atoms with Gasteiger partial charge in [0.15, 0.2) is 5.96 Å². The fraction of sp³-hybridized carbons (Fsp3) is 0.500. The Morgan fingerprint density at radius 1 is 1.11 bits per heavy atom. The number of nitrogens with one attached hydrogen (secondary N) is 2. The molecule has 2 amide bonds. The van der Waals surface area contributed by atoms with Crippen LogP contribution in [0.1, 0.15) is 12.5 Å². The summed E-state index contributed by atoms with van der Waals surface area (Å²) in [6.07, 6.45) is 0.365. The van der Waals surface area contributed by atoms with Crippen molar-refractivity contribution >= 4 is 53.4 Å². The molecule has 2 rings (SSSR count). The number of benzene rings is 1. The quantitative estimate of drug-likeness (QED) is 0.273. The SMILES string of the molecule is CN=C(NCCNC(C)=O)N1CCN(C(=O)Cc2cccc(Cl)c2)CC1.I. The summed E-state index contributed by atoms with van der Waals surface area (Å²) in [7, 11) is 1.73. The normalized spacial score (nSPS) is 14.4. The summed E-state index contributed by atoms with van der Waals surface area (Å²) in [5, 5.41) is 6.61. The number of rotatable bonds is 5. The summed E-state index contributed by atoms with van der Waals surface area (Å²) in [5.41, 5.74) is 0.931. The van der Waals surface area contributed by atoms with E-state index < -0.39 is 0 Å². The molecular formula is C18H27ClIN5O2. The van der Waals surface area contributed by atoms with Crippen LogP contribution in [0.5, 0.6) is 0 Å². The Kier molecular flexibility index (Phi) is 10.5. The summed E-state index contributed by atoms with van der Waals surface area (Å²) >= 11 is 5.98. The van der Waals surface area contributed by atoms with E-state index in [1.807, 2.05) is 23.1 Å². The Hall–Kier alpha value is -1.55. The number of hydrogen-bond acceptors (Lipinski definition) is 3. The number of amides is 2. The standard InChI is InChI=1S/C18H26ClN5O2.HI/c1-14(25)21-6-7-22-18(20-2)24-10-8-23(9-11-24)17(26)13-15-4-3-5-16(19)12-15;/h3-5,12H,6-11,13H2,1-2H3,(H,20,22)(H,21,25);1H. The van der Waals surface area contributed by atoms with Crippen molar-refractivity contribution in [2.24, 2.45) is 4.99 Å². The van der Waals surface area contributed by atoms with Crippen LogP contribution in [0.15, 0.2) is 29.3 Å². The molecule has 0 spiro atoms. The molecule has 0 bridgehead atoms.